The Labute approximate surface area is 148 Å². The second-order valence-corrected chi connectivity index (χ2v) is 7.26. The molecule has 1 fully saturated rings. The number of rotatable bonds is 5. The quantitative estimate of drug-likeness (QED) is 0.780. The van der Waals surface area contributed by atoms with Gasteiger partial charge in [-0.3, -0.25) is 4.68 Å². The van der Waals surface area contributed by atoms with Crippen molar-refractivity contribution in [1.82, 2.24) is 15.0 Å². The highest BCUT2D eigenvalue weighted by Crippen LogP contribution is 2.38. The average Bonchev–Trinajstić information content (AvgIpc) is 3.08. The zero-order valence-electron chi connectivity index (χ0n) is 15.1. The van der Waals surface area contributed by atoms with Crippen molar-refractivity contribution >= 4 is 13.2 Å². The van der Waals surface area contributed by atoms with Crippen LogP contribution in [0.2, 0.25) is 0 Å². The first-order valence-electron chi connectivity index (χ1n) is 8.44. The number of halogens is 1. The SMILES string of the molecule is CC1(C)OB(C(F)=Cc2cn(CCc3ccccc3)nn2)OC1(C)C. The Kier molecular flexibility index (Phi) is 4.80. The van der Waals surface area contributed by atoms with Gasteiger partial charge in [-0.1, -0.05) is 35.5 Å². The van der Waals surface area contributed by atoms with Gasteiger partial charge in [0.05, 0.1) is 17.4 Å². The Morgan fingerprint density at radius 3 is 2.44 bits per heavy atom. The highest BCUT2D eigenvalue weighted by Gasteiger charge is 2.53. The molecule has 0 saturated carbocycles. The molecule has 1 aromatic heterocycles. The van der Waals surface area contributed by atoms with Gasteiger partial charge in [-0.15, -0.1) is 5.10 Å². The first-order chi connectivity index (χ1) is 11.8. The third-order valence-corrected chi connectivity index (χ3v) is 4.79. The lowest BCUT2D eigenvalue weighted by atomic mass is 9.87. The minimum absolute atomic E-state index is 0.445. The molecule has 2 heterocycles. The molecule has 3 rings (SSSR count). The fourth-order valence-electron chi connectivity index (χ4n) is 2.54. The molecule has 1 aromatic carbocycles. The van der Waals surface area contributed by atoms with Gasteiger partial charge in [0.15, 0.2) is 0 Å². The lowest BCUT2D eigenvalue weighted by Crippen LogP contribution is -2.41. The van der Waals surface area contributed by atoms with Gasteiger partial charge in [0.2, 0.25) is 0 Å². The summed E-state index contributed by atoms with van der Waals surface area (Å²) in [5.41, 5.74) is 0.0132. The lowest BCUT2D eigenvalue weighted by Gasteiger charge is -2.32. The van der Waals surface area contributed by atoms with Gasteiger partial charge in [0, 0.05) is 6.54 Å². The summed E-state index contributed by atoms with van der Waals surface area (Å²) in [4.78, 5) is 0. The van der Waals surface area contributed by atoms with E-state index in [4.69, 9.17) is 9.31 Å². The summed E-state index contributed by atoms with van der Waals surface area (Å²) in [5.74, 6) is 0. The van der Waals surface area contributed by atoms with Crippen LogP contribution >= 0.6 is 0 Å². The van der Waals surface area contributed by atoms with Crippen LogP contribution in [0.4, 0.5) is 4.39 Å². The van der Waals surface area contributed by atoms with Crippen molar-refractivity contribution in [3.8, 4) is 0 Å². The maximum atomic E-state index is 14.5. The third kappa shape index (κ3) is 3.99. The van der Waals surface area contributed by atoms with E-state index in [1.165, 1.54) is 11.6 Å². The van der Waals surface area contributed by atoms with E-state index in [1.54, 1.807) is 10.9 Å². The summed E-state index contributed by atoms with van der Waals surface area (Å²) < 4.78 is 27.6. The summed E-state index contributed by atoms with van der Waals surface area (Å²) in [6, 6.07) is 10.1. The predicted octanol–water partition coefficient (Wildman–Crippen LogP) is 3.46. The van der Waals surface area contributed by atoms with Gasteiger partial charge in [0.25, 0.3) is 0 Å². The minimum atomic E-state index is -1.01. The van der Waals surface area contributed by atoms with E-state index in [2.05, 4.69) is 22.4 Å². The largest absolute Gasteiger partial charge is 0.525 e. The van der Waals surface area contributed by atoms with Crippen LogP contribution in [0.1, 0.15) is 39.0 Å². The molecule has 25 heavy (non-hydrogen) atoms. The summed E-state index contributed by atoms with van der Waals surface area (Å²) in [5, 5.41) is 8.04. The molecule has 1 aliphatic rings. The van der Waals surface area contributed by atoms with E-state index in [1.807, 2.05) is 45.9 Å². The fourth-order valence-corrected chi connectivity index (χ4v) is 2.54. The van der Waals surface area contributed by atoms with Gasteiger partial charge in [-0.2, -0.15) is 0 Å². The van der Waals surface area contributed by atoms with E-state index in [0.29, 0.717) is 12.2 Å². The predicted molar refractivity (Wildman–Crippen MR) is 95.3 cm³/mol. The molecule has 0 aliphatic carbocycles. The van der Waals surface area contributed by atoms with Gasteiger partial charge in [0.1, 0.15) is 11.4 Å². The second-order valence-electron chi connectivity index (χ2n) is 7.26. The average molecular weight is 343 g/mol. The van der Waals surface area contributed by atoms with Crippen LogP contribution < -0.4 is 0 Å². The Balaban J connectivity index is 1.63. The number of benzene rings is 1. The van der Waals surface area contributed by atoms with Crippen molar-refractivity contribution in [2.24, 2.45) is 0 Å². The maximum Gasteiger partial charge on any atom is 0.525 e. The number of hydrogen-bond donors (Lipinski definition) is 0. The third-order valence-electron chi connectivity index (χ3n) is 4.79. The fraction of sp³-hybridized carbons (Fsp3) is 0.444. The molecule has 2 aromatic rings. The van der Waals surface area contributed by atoms with Gasteiger partial charge in [-0.25, -0.2) is 4.39 Å². The molecule has 7 heteroatoms. The van der Waals surface area contributed by atoms with Crippen molar-refractivity contribution < 1.29 is 13.7 Å². The molecule has 5 nitrogen and oxygen atoms in total. The van der Waals surface area contributed by atoms with Crippen LogP contribution in [0.3, 0.4) is 0 Å². The molecular formula is C18H23BFN3O2. The molecule has 0 spiro atoms. The zero-order chi connectivity index (χ0) is 18.1. The minimum Gasteiger partial charge on any atom is -0.398 e. The smallest absolute Gasteiger partial charge is 0.398 e. The Hall–Kier alpha value is -1.99. The highest BCUT2D eigenvalue weighted by atomic mass is 19.1. The number of hydrogen-bond acceptors (Lipinski definition) is 4. The Bertz CT molecular complexity index is 743. The molecule has 132 valence electrons. The molecular weight excluding hydrogens is 320 g/mol. The van der Waals surface area contributed by atoms with E-state index < -0.39 is 24.0 Å². The first kappa shape index (κ1) is 17.8. The summed E-state index contributed by atoms with van der Waals surface area (Å²) in [7, 11) is -1.01. The van der Waals surface area contributed by atoms with Crippen LogP contribution in [0, 0.1) is 0 Å². The lowest BCUT2D eigenvalue weighted by molar-refractivity contribution is 0.00578. The highest BCUT2D eigenvalue weighted by molar-refractivity contribution is 6.54. The molecule has 1 saturated heterocycles. The monoisotopic (exact) mass is 343 g/mol. The number of aromatic nitrogens is 3. The van der Waals surface area contributed by atoms with Crippen LogP contribution in [0.5, 0.6) is 0 Å². The van der Waals surface area contributed by atoms with Crippen molar-refractivity contribution in [3.63, 3.8) is 0 Å². The first-order valence-corrected chi connectivity index (χ1v) is 8.44. The summed E-state index contributed by atoms with van der Waals surface area (Å²) in [6.07, 6.45) is 3.87. The van der Waals surface area contributed by atoms with Gasteiger partial charge < -0.3 is 9.31 Å². The molecule has 0 unspecified atom stereocenters. The normalized spacial score (nSPS) is 19.4. The van der Waals surface area contributed by atoms with Crippen molar-refractivity contribution in [2.45, 2.75) is 51.9 Å². The maximum absolute atomic E-state index is 14.5. The second kappa shape index (κ2) is 6.73. The molecule has 0 amide bonds. The van der Waals surface area contributed by atoms with Crippen molar-refractivity contribution in [1.29, 1.82) is 0 Å². The Morgan fingerprint density at radius 1 is 1.16 bits per heavy atom. The molecule has 0 bridgehead atoms. The summed E-state index contributed by atoms with van der Waals surface area (Å²) >= 11 is 0. The van der Waals surface area contributed by atoms with E-state index >= 15 is 0 Å². The van der Waals surface area contributed by atoms with Gasteiger partial charge >= 0.3 is 7.12 Å². The molecule has 0 atom stereocenters. The van der Waals surface area contributed by atoms with Gasteiger partial charge in [-0.05, 0) is 45.8 Å². The van der Waals surface area contributed by atoms with Crippen LogP contribution in [0.25, 0.3) is 6.08 Å². The molecule has 0 radical (unpaired) electrons. The zero-order valence-corrected chi connectivity index (χ0v) is 15.1. The summed E-state index contributed by atoms with van der Waals surface area (Å²) in [6.45, 7) is 8.24. The van der Waals surface area contributed by atoms with E-state index in [0.717, 1.165) is 6.42 Å². The Morgan fingerprint density at radius 2 is 1.80 bits per heavy atom. The van der Waals surface area contributed by atoms with E-state index in [9.17, 15) is 4.39 Å². The standard InChI is InChI=1S/C18H23BFN3O2/c1-17(2)18(3,4)25-19(24-17)16(20)12-15-13-23(22-21-15)11-10-14-8-6-5-7-9-14/h5-9,12-13H,10-11H2,1-4H3. The van der Waals surface area contributed by atoms with Crippen LogP contribution in [-0.2, 0) is 22.3 Å². The van der Waals surface area contributed by atoms with Crippen LogP contribution in [-0.4, -0.2) is 33.3 Å². The van der Waals surface area contributed by atoms with Crippen LogP contribution in [0.15, 0.2) is 42.3 Å². The molecule has 0 N–H and O–H groups in total. The van der Waals surface area contributed by atoms with E-state index in [-0.39, 0.29) is 0 Å². The molecule has 1 aliphatic heterocycles. The van der Waals surface area contributed by atoms with Crippen molar-refractivity contribution in [3.05, 3.63) is 53.5 Å². The van der Waals surface area contributed by atoms with Crippen molar-refractivity contribution in [2.75, 3.05) is 0 Å². The topological polar surface area (TPSA) is 49.2 Å². The number of aryl methyl sites for hydroxylation is 2. The number of nitrogens with zero attached hydrogens (tertiary/aromatic N) is 3.